The SMILES string of the molecule is CSCCCCCNC(=O)c1ccc(F)cc1N. The van der Waals surface area contributed by atoms with Crippen LogP contribution < -0.4 is 11.1 Å². The van der Waals surface area contributed by atoms with Gasteiger partial charge in [-0.25, -0.2) is 4.39 Å². The number of rotatable bonds is 7. The van der Waals surface area contributed by atoms with E-state index in [9.17, 15) is 9.18 Å². The van der Waals surface area contributed by atoms with Crippen molar-refractivity contribution in [1.29, 1.82) is 0 Å². The van der Waals surface area contributed by atoms with E-state index in [1.165, 1.54) is 12.1 Å². The number of unbranched alkanes of at least 4 members (excludes halogenated alkanes) is 2. The fourth-order valence-electron chi connectivity index (χ4n) is 1.59. The number of nitrogens with two attached hydrogens (primary N) is 1. The van der Waals surface area contributed by atoms with Crippen molar-refractivity contribution in [3.05, 3.63) is 29.6 Å². The van der Waals surface area contributed by atoms with E-state index in [0.29, 0.717) is 12.1 Å². The molecule has 0 atom stereocenters. The molecule has 5 heteroatoms. The Bertz CT molecular complexity index is 399. The zero-order chi connectivity index (χ0) is 13.4. The lowest BCUT2D eigenvalue weighted by atomic mass is 10.1. The number of nitrogen functional groups attached to an aromatic ring is 1. The molecule has 0 aromatic heterocycles. The first-order valence-electron chi connectivity index (χ1n) is 5.97. The van der Waals surface area contributed by atoms with Crippen molar-refractivity contribution >= 4 is 23.4 Å². The Kier molecular flexibility index (Phi) is 6.57. The van der Waals surface area contributed by atoms with Gasteiger partial charge in [0.1, 0.15) is 5.82 Å². The van der Waals surface area contributed by atoms with Crippen molar-refractivity contribution in [2.24, 2.45) is 0 Å². The highest BCUT2D eigenvalue weighted by atomic mass is 32.2. The minimum absolute atomic E-state index is 0.176. The maximum absolute atomic E-state index is 12.8. The second kappa shape index (κ2) is 7.97. The third-order valence-electron chi connectivity index (χ3n) is 2.57. The maximum atomic E-state index is 12.8. The Labute approximate surface area is 111 Å². The third-order valence-corrected chi connectivity index (χ3v) is 3.27. The van der Waals surface area contributed by atoms with Crippen molar-refractivity contribution in [1.82, 2.24) is 5.32 Å². The third kappa shape index (κ3) is 4.96. The number of carbonyl (C=O) groups excluding carboxylic acids is 1. The van der Waals surface area contributed by atoms with Crippen LogP contribution in [-0.2, 0) is 0 Å². The molecular formula is C13H19FN2OS. The van der Waals surface area contributed by atoms with E-state index >= 15 is 0 Å². The van der Waals surface area contributed by atoms with Crippen molar-refractivity contribution in [3.8, 4) is 0 Å². The van der Waals surface area contributed by atoms with Gasteiger partial charge < -0.3 is 11.1 Å². The molecule has 0 bridgehead atoms. The van der Waals surface area contributed by atoms with Gasteiger partial charge in [0.15, 0.2) is 0 Å². The predicted octanol–water partition coefficient (Wildman–Crippen LogP) is 2.67. The number of nitrogens with one attached hydrogen (secondary N) is 1. The summed E-state index contributed by atoms with van der Waals surface area (Å²) in [4.78, 5) is 11.7. The van der Waals surface area contributed by atoms with Gasteiger partial charge in [0.05, 0.1) is 5.56 Å². The maximum Gasteiger partial charge on any atom is 0.253 e. The quantitative estimate of drug-likeness (QED) is 0.591. The fourth-order valence-corrected chi connectivity index (χ4v) is 2.08. The van der Waals surface area contributed by atoms with E-state index in [1.807, 2.05) is 11.8 Å². The largest absolute Gasteiger partial charge is 0.398 e. The van der Waals surface area contributed by atoms with Gasteiger partial charge in [-0.15, -0.1) is 0 Å². The molecule has 1 rings (SSSR count). The molecular weight excluding hydrogens is 251 g/mol. The van der Waals surface area contributed by atoms with Crippen molar-refractivity contribution in [2.75, 3.05) is 24.3 Å². The number of thioether (sulfide) groups is 1. The Morgan fingerprint density at radius 3 is 2.83 bits per heavy atom. The van der Waals surface area contributed by atoms with Gasteiger partial charge in [-0.3, -0.25) is 4.79 Å². The summed E-state index contributed by atoms with van der Waals surface area (Å²) in [5.74, 6) is 0.484. The highest BCUT2D eigenvalue weighted by Crippen LogP contribution is 2.13. The standard InChI is InChI=1S/C13H19FN2OS/c1-18-8-4-2-3-7-16-13(17)11-6-5-10(14)9-12(11)15/h5-6,9H,2-4,7-8,15H2,1H3,(H,16,17). The molecule has 0 aliphatic heterocycles. The zero-order valence-corrected chi connectivity index (χ0v) is 11.4. The van der Waals surface area contributed by atoms with E-state index < -0.39 is 5.82 Å². The summed E-state index contributed by atoms with van der Waals surface area (Å²) in [5.41, 5.74) is 6.10. The summed E-state index contributed by atoms with van der Waals surface area (Å²) in [5, 5.41) is 2.79. The average Bonchev–Trinajstić information content (AvgIpc) is 2.33. The van der Waals surface area contributed by atoms with E-state index in [-0.39, 0.29) is 11.6 Å². The lowest BCUT2D eigenvalue weighted by molar-refractivity contribution is 0.0954. The van der Waals surface area contributed by atoms with Crippen LogP contribution in [0.1, 0.15) is 29.6 Å². The van der Waals surface area contributed by atoms with Crippen LogP contribution in [-0.4, -0.2) is 24.5 Å². The number of benzene rings is 1. The minimum atomic E-state index is -0.430. The first-order valence-corrected chi connectivity index (χ1v) is 7.36. The van der Waals surface area contributed by atoms with Crippen LogP contribution >= 0.6 is 11.8 Å². The molecule has 18 heavy (non-hydrogen) atoms. The number of hydrogen-bond acceptors (Lipinski definition) is 3. The smallest absolute Gasteiger partial charge is 0.253 e. The molecule has 1 aromatic carbocycles. The van der Waals surface area contributed by atoms with Crippen LogP contribution in [0.4, 0.5) is 10.1 Å². The molecule has 1 amide bonds. The van der Waals surface area contributed by atoms with E-state index in [1.54, 1.807) is 0 Å². The van der Waals surface area contributed by atoms with E-state index in [2.05, 4.69) is 11.6 Å². The summed E-state index contributed by atoms with van der Waals surface area (Å²) in [6.45, 7) is 0.629. The van der Waals surface area contributed by atoms with Gasteiger partial charge in [-0.05, 0) is 43.0 Å². The normalized spacial score (nSPS) is 10.3. The summed E-state index contributed by atoms with van der Waals surface area (Å²) in [7, 11) is 0. The van der Waals surface area contributed by atoms with Crippen LogP contribution in [0.3, 0.4) is 0 Å². The summed E-state index contributed by atoms with van der Waals surface area (Å²) < 4.78 is 12.8. The number of hydrogen-bond donors (Lipinski definition) is 2. The molecule has 0 saturated carbocycles. The molecule has 0 heterocycles. The molecule has 0 saturated heterocycles. The fraction of sp³-hybridized carbons (Fsp3) is 0.462. The molecule has 3 N–H and O–H groups in total. The van der Waals surface area contributed by atoms with Crippen molar-refractivity contribution < 1.29 is 9.18 Å². The number of amides is 1. The van der Waals surface area contributed by atoms with Crippen molar-refractivity contribution in [3.63, 3.8) is 0 Å². The van der Waals surface area contributed by atoms with Gasteiger partial charge in [0.25, 0.3) is 5.91 Å². The topological polar surface area (TPSA) is 55.1 Å². The van der Waals surface area contributed by atoms with Crippen LogP contribution in [0.2, 0.25) is 0 Å². The van der Waals surface area contributed by atoms with Crippen LogP contribution in [0.5, 0.6) is 0 Å². The Balaban J connectivity index is 2.32. The van der Waals surface area contributed by atoms with Gasteiger partial charge in [-0.2, -0.15) is 11.8 Å². The molecule has 3 nitrogen and oxygen atoms in total. The van der Waals surface area contributed by atoms with Crippen LogP contribution in [0.15, 0.2) is 18.2 Å². The molecule has 1 aromatic rings. The first kappa shape index (κ1) is 14.8. The molecule has 100 valence electrons. The highest BCUT2D eigenvalue weighted by Gasteiger charge is 2.09. The van der Waals surface area contributed by atoms with Crippen LogP contribution in [0, 0.1) is 5.82 Å². The lowest BCUT2D eigenvalue weighted by Crippen LogP contribution is -2.25. The Hall–Kier alpha value is -1.23. The number of anilines is 1. The van der Waals surface area contributed by atoms with Crippen molar-refractivity contribution in [2.45, 2.75) is 19.3 Å². The second-order valence-electron chi connectivity index (χ2n) is 4.04. The number of carbonyl (C=O) groups is 1. The summed E-state index contributed by atoms with van der Waals surface area (Å²) in [6, 6.07) is 3.81. The van der Waals surface area contributed by atoms with Gasteiger partial charge in [0.2, 0.25) is 0 Å². The zero-order valence-electron chi connectivity index (χ0n) is 10.5. The first-order chi connectivity index (χ1) is 8.65. The highest BCUT2D eigenvalue weighted by molar-refractivity contribution is 7.98. The van der Waals surface area contributed by atoms with Crippen LogP contribution in [0.25, 0.3) is 0 Å². The van der Waals surface area contributed by atoms with Gasteiger partial charge in [0, 0.05) is 12.2 Å². The summed E-state index contributed by atoms with van der Waals surface area (Å²) >= 11 is 1.83. The van der Waals surface area contributed by atoms with Gasteiger partial charge in [-0.1, -0.05) is 6.42 Å². The predicted molar refractivity (Wildman–Crippen MR) is 75.4 cm³/mol. The molecule has 0 fully saturated rings. The number of halogens is 1. The minimum Gasteiger partial charge on any atom is -0.398 e. The van der Waals surface area contributed by atoms with Gasteiger partial charge >= 0.3 is 0 Å². The summed E-state index contributed by atoms with van der Waals surface area (Å²) in [6.07, 6.45) is 5.29. The molecule has 0 aliphatic carbocycles. The molecule has 0 aliphatic rings. The molecule has 0 unspecified atom stereocenters. The van der Waals surface area contributed by atoms with E-state index in [0.717, 1.165) is 31.1 Å². The van der Waals surface area contributed by atoms with E-state index in [4.69, 9.17) is 5.73 Å². The second-order valence-corrected chi connectivity index (χ2v) is 5.03. The Morgan fingerprint density at radius 2 is 2.17 bits per heavy atom. The lowest BCUT2D eigenvalue weighted by Gasteiger charge is -2.07. The average molecular weight is 270 g/mol. The Morgan fingerprint density at radius 1 is 1.39 bits per heavy atom. The molecule has 0 radical (unpaired) electrons. The molecule has 0 spiro atoms. The monoisotopic (exact) mass is 270 g/mol.